The summed E-state index contributed by atoms with van der Waals surface area (Å²) in [6.07, 6.45) is 0. The Hall–Kier alpha value is -0.850. The molecule has 0 bridgehead atoms. The number of ether oxygens (including phenoxy) is 1. The van der Waals surface area contributed by atoms with Gasteiger partial charge in [-0.3, -0.25) is 0 Å². The van der Waals surface area contributed by atoms with Gasteiger partial charge in [0.1, 0.15) is 17.3 Å². The molecule has 0 saturated heterocycles. The van der Waals surface area contributed by atoms with Crippen molar-refractivity contribution in [2.45, 2.75) is 6.61 Å². The van der Waals surface area contributed by atoms with E-state index in [-0.39, 0.29) is 4.99 Å². The van der Waals surface area contributed by atoms with E-state index in [9.17, 15) is 0 Å². The maximum Gasteiger partial charge on any atom is 0.121 e. The van der Waals surface area contributed by atoms with E-state index < -0.39 is 0 Å². The molecule has 2 aromatic rings. The number of nitrogens with two attached hydrogens (primary N) is 1. The van der Waals surface area contributed by atoms with E-state index >= 15 is 0 Å². The summed E-state index contributed by atoms with van der Waals surface area (Å²) < 4.78 is 6.88. The van der Waals surface area contributed by atoms with Crippen LogP contribution in [0.25, 0.3) is 0 Å². The Balaban J connectivity index is 2.06. The molecule has 0 aliphatic carbocycles. The van der Waals surface area contributed by atoms with Gasteiger partial charge in [0.05, 0.1) is 5.02 Å². The number of thiocarbonyl (C=S) groups is 1. The molecule has 19 heavy (non-hydrogen) atoms. The van der Waals surface area contributed by atoms with Crippen LogP contribution in [0.1, 0.15) is 11.1 Å². The van der Waals surface area contributed by atoms with E-state index in [1.54, 1.807) is 12.1 Å². The van der Waals surface area contributed by atoms with Gasteiger partial charge in [0, 0.05) is 9.13 Å². The molecule has 5 heteroatoms. The molecular weight excluding hydrogens is 393 g/mol. The highest BCUT2D eigenvalue weighted by Crippen LogP contribution is 2.23. The van der Waals surface area contributed by atoms with Gasteiger partial charge >= 0.3 is 0 Å². The van der Waals surface area contributed by atoms with Gasteiger partial charge in [0.15, 0.2) is 0 Å². The van der Waals surface area contributed by atoms with Crippen molar-refractivity contribution in [3.63, 3.8) is 0 Å². The predicted molar refractivity (Wildman–Crippen MR) is 90.8 cm³/mol. The minimum atomic E-state index is 0.286. The number of hydrogen-bond donors (Lipinski definition) is 1. The highest BCUT2D eigenvalue weighted by Gasteiger charge is 2.05. The lowest BCUT2D eigenvalue weighted by Crippen LogP contribution is -2.09. The molecular formula is C14H11ClINOS. The monoisotopic (exact) mass is 403 g/mol. The van der Waals surface area contributed by atoms with Crippen molar-refractivity contribution < 1.29 is 4.74 Å². The molecule has 2 N–H and O–H groups in total. The Morgan fingerprint density at radius 2 is 1.89 bits per heavy atom. The molecule has 0 unspecified atom stereocenters. The Kier molecular flexibility index (Phi) is 5.01. The van der Waals surface area contributed by atoms with Crippen LogP contribution >= 0.6 is 46.4 Å². The van der Waals surface area contributed by atoms with Crippen molar-refractivity contribution in [2.24, 2.45) is 5.73 Å². The largest absolute Gasteiger partial charge is 0.489 e. The standard InChI is InChI=1S/C14H11ClINOS/c15-13-7-11(5-6-12(13)14(17)19)18-8-9-1-3-10(16)4-2-9/h1-7H,8H2,(H2,17,19). The van der Waals surface area contributed by atoms with E-state index in [1.807, 2.05) is 30.3 Å². The van der Waals surface area contributed by atoms with Crippen LogP contribution in [0.3, 0.4) is 0 Å². The van der Waals surface area contributed by atoms with Crippen LogP contribution in [0, 0.1) is 3.57 Å². The Morgan fingerprint density at radius 1 is 1.21 bits per heavy atom. The van der Waals surface area contributed by atoms with Crippen molar-refractivity contribution in [3.05, 3.63) is 62.2 Å². The Labute approximate surface area is 136 Å². The van der Waals surface area contributed by atoms with Gasteiger partial charge < -0.3 is 10.5 Å². The van der Waals surface area contributed by atoms with Gasteiger partial charge in [0.25, 0.3) is 0 Å². The van der Waals surface area contributed by atoms with E-state index in [0.717, 1.165) is 5.56 Å². The van der Waals surface area contributed by atoms with E-state index in [2.05, 4.69) is 22.6 Å². The van der Waals surface area contributed by atoms with Gasteiger partial charge in [-0.05, 0) is 58.5 Å². The number of hydrogen-bond acceptors (Lipinski definition) is 2. The van der Waals surface area contributed by atoms with Gasteiger partial charge in [0.2, 0.25) is 0 Å². The van der Waals surface area contributed by atoms with Crippen molar-refractivity contribution in [3.8, 4) is 5.75 Å². The summed E-state index contributed by atoms with van der Waals surface area (Å²) in [4.78, 5) is 0.286. The SMILES string of the molecule is NC(=S)c1ccc(OCc2ccc(I)cc2)cc1Cl. The van der Waals surface area contributed by atoms with Crippen LogP contribution in [0.2, 0.25) is 5.02 Å². The summed E-state index contributed by atoms with van der Waals surface area (Å²) >= 11 is 13.2. The Morgan fingerprint density at radius 3 is 2.47 bits per heavy atom. The third-order valence-electron chi connectivity index (χ3n) is 2.52. The van der Waals surface area contributed by atoms with Crippen LogP contribution in [0.5, 0.6) is 5.75 Å². The zero-order valence-electron chi connectivity index (χ0n) is 9.90. The fourth-order valence-electron chi connectivity index (χ4n) is 1.53. The molecule has 0 fully saturated rings. The minimum absolute atomic E-state index is 0.286. The first-order chi connectivity index (χ1) is 9.06. The minimum Gasteiger partial charge on any atom is -0.489 e. The fraction of sp³-hybridized carbons (Fsp3) is 0.0714. The quantitative estimate of drug-likeness (QED) is 0.615. The van der Waals surface area contributed by atoms with Crippen molar-refractivity contribution in [1.82, 2.24) is 0 Å². The van der Waals surface area contributed by atoms with Gasteiger partial charge in [-0.25, -0.2) is 0 Å². The highest BCUT2D eigenvalue weighted by atomic mass is 127. The van der Waals surface area contributed by atoms with Gasteiger partial charge in [-0.15, -0.1) is 0 Å². The third-order valence-corrected chi connectivity index (χ3v) is 3.78. The summed E-state index contributed by atoms with van der Waals surface area (Å²) in [5.41, 5.74) is 7.32. The lowest BCUT2D eigenvalue weighted by molar-refractivity contribution is 0.306. The predicted octanol–water partition coefficient (Wildman–Crippen LogP) is 4.16. The first-order valence-corrected chi connectivity index (χ1v) is 7.39. The highest BCUT2D eigenvalue weighted by molar-refractivity contribution is 14.1. The average Bonchev–Trinajstić information content (AvgIpc) is 2.37. The summed E-state index contributed by atoms with van der Waals surface area (Å²) in [7, 11) is 0. The van der Waals surface area contributed by atoms with E-state index in [4.69, 9.17) is 34.3 Å². The molecule has 0 aliphatic rings. The topological polar surface area (TPSA) is 35.2 Å². The van der Waals surface area contributed by atoms with Crippen molar-refractivity contribution >= 4 is 51.4 Å². The molecule has 2 nitrogen and oxygen atoms in total. The second-order valence-electron chi connectivity index (χ2n) is 3.92. The van der Waals surface area contributed by atoms with Gasteiger partial charge in [-0.2, -0.15) is 0 Å². The fourth-order valence-corrected chi connectivity index (χ4v) is 2.40. The van der Waals surface area contributed by atoms with E-state index in [0.29, 0.717) is 22.9 Å². The molecule has 0 aromatic heterocycles. The first kappa shape index (κ1) is 14.6. The van der Waals surface area contributed by atoms with Crippen LogP contribution in [-0.2, 0) is 6.61 Å². The molecule has 98 valence electrons. The zero-order chi connectivity index (χ0) is 13.8. The molecule has 2 rings (SSSR count). The van der Waals surface area contributed by atoms with E-state index in [1.165, 1.54) is 3.57 Å². The molecule has 0 spiro atoms. The molecule has 2 aromatic carbocycles. The van der Waals surface area contributed by atoms with Crippen LogP contribution < -0.4 is 10.5 Å². The van der Waals surface area contributed by atoms with Gasteiger partial charge in [-0.1, -0.05) is 36.0 Å². The summed E-state index contributed by atoms with van der Waals surface area (Å²) in [6.45, 7) is 0.500. The Bertz CT molecular complexity index is 601. The van der Waals surface area contributed by atoms with Crippen LogP contribution in [0.4, 0.5) is 0 Å². The molecule has 0 amide bonds. The number of benzene rings is 2. The second kappa shape index (κ2) is 6.54. The number of rotatable bonds is 4. The zero-order valence-corrected chi connectivity index (χ0v) is 13.6. The molecule has 0 radical (unpaired) electrons. The molecule has 0 aliphatic heterocycles. The summed E-state index contributed by atoms with van der Waals surface area (Å²) in [5, 5.41) is 0.507. The van der Waals surface area contributed by atoms with Crippen LogP contribution in [0.15, 0.2) is 42.5 Å². The van der Waals surface area contributed by atoms with Crippen LogP contribution in [-0.4, -0.2) is 4.99 Å². The number of halogens is 2. The molecule has 0 saturated carbocycles. The lowest BCUT2D eigenvalue weighted by atomic mass is 10.2. The van der Waals surface area contributed by atoms with Crippen molar-refractivity contribution in [2.75, 3.05) is 0 Å². The second-order valence-corrected chi connectivity index (χ2v) is 6.01. The smallest absolute Gasteiger partial charge is 0.121 e. The maximum absolute atomic E-state index is 6.08. The average molecular weight is 404 g/mol. The summed E-state index contributed by atoms with van der Waals surface area (Å²) in [6, 6.07) is 13.5. The lowest BCUT2D eigenvalue weighted by Gasteiger charge is -2.08. The molecule has 0 atom stereocenters. The molecule has 0 heterocycles. The first-order valence-electron chi connectivity index (χ1n) is 5.53. The summed E-state index contributed by atoms with van der Waals surface area (Å²) in [5.74, 6) is 0.698. The van der Waals surface area contributed by atoms with Crippen molar-refractivity contribution in [1.29, 1.82) is 0 Å². The third kappa shape index (κ3) is 4.06. The maximum atomic E-state index is 6.08. The normalized spacial score (nSPS) is 10.2.